The second kappa shape index (κ2) is 6.29. The highest BCUT2D eigenvalue weighted by molar-refractivity contribution is 7.07. The lowest BCUT2D eigenvalue weighted by molar-refractivity contribution is 0.0512. The Morgan fingerprint density at radius 1 is 1.61 bits per heavy atom. The number of nitrogens with zero attached hydrogens (tertiary/aromatic N) is 1. The molecule has 0 saturated heterocycles. The van der Waals surface area contributed by atoms with E-state index in [1.165, 1.54) is 30.6 Å². The monoisotopic (exact) mass is 268 g/mol. The second-order valence-electron chi connectivity index (χ2n) is 4.86. The van der Waals surface area contributed by atoms with Crippen LogP contribution in [0.15, 0.2) is 10.9 Å². The van der Waals surface area contributed by atoms with Crippen LogP contribution < -0.4 is 5.32 Å². The standard InChI is InChI=1S/C13H20N2O2S/c1-2-17-7-6-13(4-3-5-13)9-14-12(16)11-8-18-10-15-11/h8,10H,2-7,9H2,1H3,(H,14,16). The molecule has 1 aromatic heterocycles. The normalized spacial score (nSPS) is 17.2. The number of nitrogens with one attached hydrogen (secondary N) is 1. The van der Waals surface area contributed by atoms with Crippen molar-refractivity contribution in [3.63, 3.8) is 0 Å². The fourth-order valence-corrected chi connectivity index (χ4v) is 2.84. The molecule has 0 bridgehead atoms. The molecule has 0 aliphatic heterocycles. The maximum Gasteiger partial charge on any atom is 0.270 e. The Kier molecular flexibility index (Phi) is 4.72. The molecule has 4 nitrogen and oxygen atoms in total. The van der Waals surface area contributed by atoms with Crippen LogP contribution in [0.4, 0.5) is 0 Å². The summed E-state index contributed by atoms with van der Waals surface area (Å²) in [5.41, 5.74) is 2.48. The molecule has 1 amide bonds. The lowest BCUT2D eigenvalue weighted by Crippen LogP contribution is -2.43. The van der Waals surface area contributed by atoms with Gasteiger partial charge in [-0.1, -0.05) is 6.42 Å². The van der Waals surface area contributed by atoms with E-state index in [0.29, 0.717) is 5.69 Å². The van der Waals surface area contributed by atoms with Gasteiger partial charge in [0.1, 0.15) is 5.69 Å². The number of ether oxygens (including phenoxy) is 1. The van der Waals surface area contributed by atoms with Crippen LogP contribution in [0.5, 0.6) is 0 Å². The highest BCUT2D eigenvalue weighted by Gasteiger charge is 2.36. The zero-order valence-corrected chi connectivity index (χ0v) is 11.6. The van der Waals surface area contributed by atoms with Crippen LogP contribution in [0, 0.1) is 5.41 Å². The van der Waals surface area contributed by atoms with Crippen molar-refractivity contribution in [3.8, 4) is 0 Å². The van der Waals surface area contributed by atoms with Gasteiger partial charge in [0.2, 0.25) is 0 Å². The Hall–Kier alpha value is -0.940. The minimum absolute atomic E-state index is 0.0565. The van der Waals surface area contributed by atoms with Gasteiger partial charge in [-0.3, -0.25) is 4.79 Å². The van der Waals surface area contributed by atoms with Gasteiger partial charge in [-0.2, -0.15) is 0 Å². The van der Waals surface area contributed by atoms with E-state index >= 15 is 0 Å². The fourth-order valence-electron chi connectivity index (χ4n) is 2.31. The van der Waals surface area contributed by atoms with Gasteiger partial charge in [0.05, 0.1) is 5.51 Å². The van der Waals surface area contributed by atoms with E-state index in [2.05, 4.69) is 10.3 Å². The summed E-state index contributed by atoms with van der Waals surface area (Å²) < 4.78 is 5.42. The fraction of sp³-hybridized carbons (Fsp3) is 0.692. The SMILES string of the molecule is CCOCCC1(CNC(=O)c2cscn2)CCC1. The largest absolute Gasteiger partial charge is 0.382 e. The van der Waals surface area contributed by atoms with Crippen molar-refractivity contribution in [2.24, 2.45) is 5.41 Å². The molecule has 0 unspecified atom stereocenters. The third kappa shape index (κ3) is 3.29. The second-order valence-corrected chi connectivity index (χ2v) is 5.58. The van der Waals surface area contributed by atoms with Crippen molar-refractivity contribution >= 4 is 17.2 Å². The molecule has 1 aromatic rings. The number of amides is 1. The lowest BCUT2D eigenvalue weighted by atomic mass is 9.67. The Bertz CT molecular complexity index is 374. The van der Waals surface area contributed by atoms with Gasteiger partial charge >= 0.3 is 0 Å². The van der Waals surface area contributed by atoms with Crippen LogP contribution >= 0.6 is 11.3 Å². The van der Waals surface area contributed by atoms with E-state index < -0.39 is 0 Å². The van der Waals surface area contributed by atoms with E-state index in [9.17, 15) is 4.79 Å². The van der Waals surface area contributed by atoms with Crippen molar-refractivity contribution < 1.29 is 9.53 Å². The van der Waals surface area contributed by atoms with Gasteiger partial charge in [-0.15, -0.1) is 11.3 Å². The molecule has 0 atom stereocenters. The zero-order chi connectivity index (χ0) is 12.8. The maximum absolute atomic E-state index is 11.8. The number of thiazole rings is 1. The molecule has 5 heteroatoms. The highest BCUT2D eigenvalue weighted by atomic mass is 32.1. The summed E-state index contributed by atoms with van der Waals surface area (Å²) >= 11 is 1.45. The minimum Gasteiger partial charge on any atom is -0.382 e. The van der Waals surface area contributed by atoms with E-state index in [1.54, 1.807) is 10.9 Å². The number of hydrogen-bond donors (Lipinski definition) is 1. The quantitative estimate of drug-likeness (QED) is 0.773. The summed E-state index contributed by atoms with van der Waals surface area (Å²) in [5.74, 6) is -0.0565. The molecule has 1 heterocycles. The molecule has 100 valence electrons. The summed E-state index contributed by atoms with van der Waals surface area (Å²) in [5, 5.41) is 4.79. The zero-order valence-electron chi connectivity index (χ0n) is 10.8. The van der Waals surface area contributed by atoms with Gasteiger partial charge < -0.3 is 10.1 Å². The average molecular weight is 268 g/mol. The number of rotatable bonds is 7. The first kappa shape index (κ1) is 13.5. The Labute approximate surface area is 112 Å². The maximum atomic E-state index is 11.8. The minimum atomic E-state index is -0.0565. The first-order valence-corrected chi connectivity index (χ1v) is 7.44. The van der Waals surface area contributed by atoms with E-state index in [-0.39, 0.29) is 11.3 Å². The first-order chi connectivity index (χ1) is 8.76. The molecule has 1 saturated carbocycles. The summed E-state index contributed by atoms with van der Waals surface area (Å²) in [4.78, 5) is 15.8. The number of carbonyl (C=O) groups excluding carboxylic acids is 1. The molecule has 1 aliphatic rings. The van der Waals surface area contributed by atoms with Crippen LogP contribution in [-0.4, -0.2) is 30.6 Å². The average Bonchev–Trinajstić information content (AvgIpc) is 2.85. The van der Waals surface area contributed by atoms with Crippen LogP contribution in [0.3, 0.4) is 0 Å². The predicted octanol–water partition coefficient (Wildman–Crippen LogP) is 2.47. The molecule has 0 spiro atoms. The number of hydrogen-bond acceptors (Lipinski definition) is 4. The third-order valence-corrected chi connectivity index (χ3v) is 4.27. The van der Waals surface area contributed by atoms with Gasteiger partial charge in [0.15, 0.2) is 0 Å². The van der Waals surface area contributed by atoms with Crippen molar-refractivity contribution in [1.82, 2.24) is 10.3 Å². The predicted molar refractivity (Wildman–Crippen MR) is 71.8 cm³/mol. The molecular weight excluding hydrogens is 248 g/mol. The third-order valence-electron chi connectivity index (χ3n) is 3.68. The van der Waals surface area contributed by atoms with Crippen LogP contribution in [0.2, 0.25) is 0 Å². The molecule has 0 radical (unpaired) electrons. The van der Waals surface area contributed by atoms with E-state index in [0.717, 1.165) is 26.2 Å². The summed E-state index contributed by atoms with van der Waals surface area (Å²) in [6, 6.07) is 0. The van der Waals surface area contributed by atoms with E-state index in [4.69, 9.17) is 4.74 Å². The molecule has 1 fully saturated rings. The first-order valence-electron chi connectivity index (χ1n) is 6.50. The van der Waals surface area contributed by atoms with Crippen molar-refractivity contribution in [2.75, 3.05) is 19.8 Å². The Morgan fingerprint density at radius 3 is 3.00 bits per heavy atom. The molecule has 1 aliphatic carbocycles. The summed E-state index contributed by atoms with van der Waals surface area (Å²) in [6.07, 6.45) is 4.69. The van der Waals surface area contributed by atoms with E-state index in [1.807, 2.05) is 6.92 Å². The van der Waals surface area contributed by atoms with Crippen molar-refractivity contribution in [1.29, 1.82) is 0 Å². The smallest absolute Gasteiger partial charge is 0.270 e. The molecular formula is C13H20N2O2S. The summed E-state index contributed by atoms with van der Waals surface area (Å²) in [7, 11) is 0. The lowest BCUT2D eigenvalue weighted by Gasteiger charge is -2.42. The van der Waals surface area contributed by atoms with Crippen molar-refractivity contribution in [3.05, 3.63) is 16.6 Å². The Balaban J connectivity index is 1.78. The number of aromatic nitrogens is 1. The van der Waals surface area contributed by atoms with Crippen LogP contribution in [0.25, 0.3) is 0 Å². The highest BCUT2D eigenvalue weighted by Crippen LogP contribution is 2.43. The molecule has 18 heavy (non-hydrogen) atoms. The molecule has 2 rings (SSSR count). The van der Waals surface area contributed by atoms with Gasteiger partial charge in [-0.25, -0.2) is 4.98 Å². The van der Waals surface area contributed by atoms with Gasteiger partial charge in [0, 0.05) is 25.1 Å². The van der Waals surface area contributed by atoms with Gasteiger partial charge in [0.25, 0.3) is 5.91 Å². The molecule has 1 N–H and O–H groups in total. The van der Waals surface area contributed by atoms with Crippen molar-refractivity contribution in [2.45, 2.75) is 32.6 Å². The Morgan fingerprint density at radius 2 is 2.44 bits per heavy atom. The van der Waals surface area contributed by atoms with Crippen LogP contribution in [0.1, 0.15) is 43.1 Å². The topological polar surface area (TPSA) is 51.2 Å². The number of carbonyl (C=O) groups is 1. The molecule has 0 aromatic carbocycles. The van der Waals surface area contributed by atoms with Crippen LogP contribution in [-0.2, 0) is 4.74 Å². The van der Waals surface area contributed by atoms with Gasteiger partial charge in [-0.05, 0) is 31.6 Å². The summed E-state index contributed by atoms with van der Waals surface area (Å²) in [6.45, 7) is 4.32.